The molecule has 1 aliphatic heterocycles. The fourth-order valence-electron chi connectivity index (χ4n) is 13.5. The van der Waals surface area contributed by atoms with E-state index >= 15 is 0 Å². The summed E-state index contributed by atoms with van der Waals surface area (Å²) in [4.78, 5) is 9.99. The Hall–Kier alpha value is -9.45. The second-order valence-electron chi connectivity index (χ2n) is 26.0. The highest BCUT2D eigenvalue weighted by molar-refractivity contribution is 6.09. The molecule has 0 amide bonds. The minimum absolute atomic E-state index is 0.000754. The molecule has 0 radical (unpaired) electrons. The van der Waals surface area contributed by atoms with E-state index in [-0.39, 0.29) is 16.2 Å². The molecule has 0 unspecified atom stereocenters. The lowest BCUT2D eigenvalue weighted by Gasteiger charge is -2.36. The van der Waals surface area contributed by atoms with Crippen LogP contribution in [0.3, 0.4) is 0 Å². The van der Waals surface area contributed by atoms with Crippen LogP contribution in [0.4, 0.5) is 22.7 Å². The van der Waals surface area contributed by atoms with Gasteiger partial charge in [0, 0.05) is 51.5 Å². The Balaban J connectivity index is 0.941. The van der Waals surface area contributed by atoms with Crippen molar-refractivity contribution in [3.05, 3.63) is 288 Å². The van der Waals surface area contributed by atoms with E-state index in [1.54, 1.807) is 0 Å². The number of para-hydroxylation sites is 3. The first kappa shape index (κ1) is 52.6. The van der Waals surface area contributed by atoms with Gasteiger partial charge < -0.3 is 14.5 Å². The van der Waals surface area contributed by atoms with Crippen LogP contribution in [0.25, 0.3) is 61.0 Å². The van der Waals surface area contributed by atoms with Crippen molar-refractivity contribution in [3.63, 3.8) is 0 Å². The lowest BCUT2D eigenvalue weighted by Crippen LogP contribution is -2.30. The van der Waals surface area contributed by atoms with Gasteiger partial charge in [0.15, 0.2) is 0 Å². The van der Waals surface area contributed by atoms with Crippen LogP contribution >= 0.6 is 0 Å². The van der Waals surface area contributed by atoms with Gasteiger partial charge in [-0.25, -0.2) is 4.98 Å². The summed E-state index contributed by atoms with van der Waals surface area (Å²) in [6.45, 7) is 21.0. The minimum atomic E-state index is -0.634. The van der Waals surface area contributed by atoms with E-state index in [4.69, 9.17) is 9.72 Å². The molecule has 0 spiro atoms. The van der Waals surface area contributed by atoms with E-state index in [1.165, 1.54) is 49.9 Å². The zero-order valence-corrected chi connectivity index (χ0v) is 49.6. The quantitative estimate of drug-likeness (QED) is 0.144. The van der Waals surface area contributed by atoms with Gasteiger partial charge in [0.1, 0.15) is 24.0 Å². The number of fused-ring (bicyclic) bond motifs is 7. The normalized spacial score (nSPS) is 13.8. The second-order valence-corrected chi connectivity index (χ2v) is 26.0. The Kier molecular flexibility index (Phi) is 12.5. The van der Waals surface area contributed by atoms with Crippen molar-refractivity contribution in [2.24, 2.45) is 0 Å². The molecule has 3 heterocycles. The predicted molar refractivity (Wildman–Crippen MR) is 351 cm³/mol. The molecule has 84 heavy (non-hydrogen) atoms. The average Bonchev–Trinajstić information content (AvgIpc) is 1.95. The second kappa shape index (κ2) is 19.9. The number of benzene rings is 10. The molecule has 2 aliphatic rings. The van der Waals surface area contributed by atoms with Gasteiger partial charge in [-0.15, -0.1) is 0 Å². The van der Waals surface area contributed by atoms with Crippen molar-refractivity contribution in [2.45, 2.75) is 84.0 Å². The van der Waals surface area contributed by atoms with Gasteiger partial charge in [0.05, 0.1) is 33.5 Å². The number of pyridine rings is 1. The highest BCUT2D eigenvalue weighted by Gasteiger charge is 2.47. The summed E-state index contributed by atoms with van der Waals surface area (Å²) in [5.41, 5.74) is 21.6. The predicted octanol–water partition coefficient (Wildman–Crippen LogP) is 20.8. The smallest absolute Gasteiger partial charge is 0.137 e. The molecule has 0 fully saturated rings. The average molecular weight is 1090 g/mol. The Morgan fingerprint density at radius 2 is 0.976 bits per heavy atom. The number of anilines is 4. The Labute approximate surface area is 495 Å². The highest BCUT2D eigenvalue weighted by atomic mass is 16.5. The van der Waals surface area contributed by atoms with Crippen molar-refractivity contribution in [1.29, 1.82) is 0 Å². The van der Waals surface area contributed by atoms with Crippen LogP contribution in [-0.2, 0) is 21.7 Å². The first-order chi connectivity index (χ1) is 40.6. The third-order valence-corrected chi connectivity index (χ3v) is 17.7. The fourth-order valence-corrected chi connectivity index (χ4v) is 13.5. The third-order valence-electron chi connectivity index (χ3n) is 17.7. The number of ether oxygens (including phenoxy) is 1. The van der Waals surface area contributed by atoms with Crippen LogP contribution in [0.5, 0.6) is 11.5 Å². The van der Waals surface area contributed by atoms with Gasteiger partial charge in [0.25, 0.3) is 0 Å². The first-order valence-electron chi connectivity index (χ1n) is 29.6. The van der Waals surface area contributed by atoms with Gasteiger partial charge >= 0.3 is 0 Å². The van der Waals surface area contributed by atoms with E-state index in [2.05, 4.69) is 319 Å². The highest BCUT2D eigenvalue weighted by Crippen LogP contribution is 2.59. The lowest BCUT2D eigenvalue weighted by molar-refractivity contribution is 0.456. The molecule has 10 aromatic carbocycles. The molecular weight excluding hydrogens is 1020 g/mol. The van der Waals surface area contributed by atoms with Crippen LogP contribution in [-0.4, -0.2) is 16.2 Å². The maximum atomic E-state index is 7.27. The topological polar surface area (TPSA) is 33.5 Å². The molecule has 5 nitrogen and oxygen atoms in total. The Bertz CT molecular complexity index is 4390. The molecule has 1 aliphatic carbocycles. The van der Waals surface area contributed by atoms with Gasteiger partial charge in [-0.05, 0) is 133 Å². The zero-order chi connectivity index (χ0) is 57.7. The van der Waals surface area contributed by atoms with E-state index in [0.29, 0.717) is 6.67 Å². The molecule has 0 saturated heterocycles. The van der Waals surface area contributed by atoms with E-state index in [9.17, 15) is 0 Å². The maximum absolute atomic E-state index is 7.27. The van der Waals surface area contributed by atoms with Crippen LogP contribution in [0.2, 0.25) is 0 Å². The van der Waals surface area contributed by atoms with Crippen LogP contribution < -0.4 is 14.5 Å². The molecule has 0 bridgehead atoms. The van der Waals surface area contributed by atoms with Crippen molar-refractivity contribution in [1.82, 2.24) is 9.55 Å². The summed E-state index contributed by atoms with van der Waals surface area (Å²) < 4.78 is 9.56. The molecule has 14 rings (SSSR count). The van der Waals surface area contributed by atoms with Gasteiger partial charge in [-0.3, -0.25) is 4.57 Å². The molecule has 0 N–H and O–H groups in total. The standard InChI is InChI=1S/C79H70N4O/c1-76(2,3)54-36-38-55(39-37-54)79(66-31-19-16-28-60(66)61-29-17-20-32-67(61)79)57-46-64(52-24-12-10-13-25-52)75(65(47-57)53-26-14-11-15-27-53)82-51-81(70-34-22-23-35-71(70)82)58-40-43-68(78(7,8)9)73(49-58)84-59-41-42-63-62-30-18-21-33-69(62)83(72(63)50-59)74-48-56(44-45-80-74)77(4,5)6/h10-50H,51H2,1-9H3. The summed E-state index contributed by atoms with van der Waals surface area (Å²) in [5, 5.41) is 2.33. The van der Waals surface area contributed by atoms with Crippen LogP contribution in [0, 0.1) is 0 Å². The van der Waals surface area contributed by atoms with Crippen molar-refractivity contribution < 1.29 is 4.74 Å². The monoisotopic (exact) mass is 1090 g/mol. The summed E-state index contributed by atoms with van der Waals surface area (Å²) in [5.74, 6) is 2.48. The summed E-state index contributed by atoms with van der Waals surface area (Å²) >= 11 is 0. The molecule has 2 aromatic heterocycles. The Morgan fingerprint density at radius 1 is 0.417 bits per heavy atom. The molecule has 5 heteroatoms. The van der Waals surface area contributed by atoms with Crippen molar-refractivity contribution in [2.75, 3.05) is 16.5 Å². The number of hydrogen-bond acceptors (Lipinski definition) is 4. The number of rotatable bonds is 9. The van der Waals surface area contributed by atoms with E-state index in [1.807, 2.05) is 6.20 Å². The zero-order valence-electron chi connectivity index (χ0n) is 49.6. The molecular formula is C79H70N4O. The van der Waals surface area contributed by atoms with Crippen molar-refractivity contribution in [3.8, 4) is 50.7 Å². The first-order valence-corrected chi connectivity index (χ1v) is 29.6. The Morgan fingerprint density at radius 3 is 1.60 bits per heavy atom. The summed E-state index contributed by atoms with van der Waals surface area (Å²) in [6.07, 6.45) is 1.94. The fraction of sp³-hybridized carbons (Fsp3) is 0.177. The third kappa shape index (κ3) is 8.71. The van der Waals surface area contributed by atoms with E-state index in [0.717, 1.165) is 84.3 Å². The largest absolute Gasteiger partial charge is 0.457 e. The lowest BCUT2D eigenvalue weighted by atomic mass is 9.66. The van der Waals surface area contributed by atoms with Gasteiger partial charge in [-0.2, -0.15) is 0 Å². The SMILES string of the molecule is CC(C)(C)c1ccc(C2(c3cc(-c4ccccc4)c(N4CN(c5ccc(C(C)(C)C)c(Oc6ccc7c8ccccc8n(-c8cc(C(C)(C)C)ccn8)c7c6)c5)c5ccccc54)c(-c4ccccc4)c3)c3ccccc3-c3ccccc32)cc1. The number of nitrogens with zero attached hydrogens (tertiary/aromatic N) is 4. The molecule has 12 aromatic rings. The molecule has 0 saturated carbocycles. The van der Waals surface area contributed by atoms with Crippen LogP contribution in [0.1, 0.15) is 101 Å². The molecule has 0 atom stereocenters. The minimum Gasteiger partial charge on any atom is -0.457 e. The van der Waals surface area contributed by atoms with Crippen molar-refractivity contribution >= 4 is 44.6 Å². The number of aromatic nitrogens is 2. The van der Waals surface area contributed by atoms with E-state index < -0.39 is 5.41 Å². The summed E-state index contributed by atoms with van der Waals surface area (Å²) in [7, 11) is 0. The van der Waals surface area contributed by atoms with Crippen LogP contribution in [0.15, 0.2) is 249 Å². The van der Waals surface area contributed by atoms with Gasteiger partial charge in [0.2, 0.25) is 0 Å². The number of hydrogen-bond donors (Lipinski definition) is 0. The summed E-state index contributed by atoms with van der Waals surface area (Å²) in [6, 6.07) is 90.1. The molecule has 412 valence electrons. The maximum Gasteiger partial charge on any atom is 0.137 e. The van der Waals surface area contributed by atoms with Gasteiger partial charge in [-0.1, -0.05) is 232 Å².